The van der Waals surface area contributed by atoms with E-state index in [0.717, 1.165) is 12.1 Å². The number of alkyl halides is 3. The normalized spacial score (nSPS) is 11.3. The molecule has 0 heterocycles. The fourth-order valence-electron chi connectivity index (χ4n) is 1.04. The van der Waals surface area contributed by atoms with Crippen LogP contribution in [0.2, 0.25) is 0 Å². The van der Waals surface area contributed by atoms with Crippen LogP contribution >= 0.6 is 15.9 Å². The van der Waals surface area contributed by atoms with E-state index in [1.54, 1.807) is 0 Å². The Balaban J connectivity index is 3.13. The van der Waals surface area contributed by atoms with Crippen molar-refractivity contribution in [3.63, 3.8) is 0 Å². The van der Waals surface area contributed by atoms with E-state index in [9.17, 15) is 18.0 Å². The molecule has 0 atom stereocenters. The highest BCUT2D eigenvalue weighted by Crippen LogP contribution is 2.35. The lowest BCUT2D eigenvalue weighted by molar-refractivity contribution is -0.138. The smallest absolute Gasteiger partial charge is 0.277 e. The molecule has 0 aliphatic heterocycles. The maximum atomic E-state index is 12.5. The molecule has 0 fully saturated rings. The van der Waals surface area contributed by atoms with Gasteiger partial charge in [-0.15, -0.1) is 0 Å². The van der Waals surface area contributed by atoms with Crippen molar-refractivity contribution in [3.8, 4) is 0 Å². The Morgan fingerprint density at radius 1 is 1.44 bits per heavy atom. The Kier molecular flexibility index (Phi) is 3.93. The van der Waals surface area contributed by atoms with Crippen LogP contribution in [0.4, 0.5) is 13.2 Å². The molecule has 1 aromatic carbocycles. The molecule has 0 saturated heterocycles. The average molecular weight is 298 g/mol. The van der Waals surface area contributed by atoms with Crippen LogP contribution in [-0.4, -0.2) is 13.0 Å². The maximum Gasteiger partial charge on any atom is 0.417 e. The Labute approximate surface area is 97.7 Å². The van der Waals surface area contributed by atoms with Gasteiger partial charge in [0, 0.05) is 10.0 Å². The van der Waals surface area contributed by atoms with E-state index in [4.69, 9.17) is 0 Å². The van der Waals surface area contributed by atoms with E-state index in [1.165, 1.54) is 13.2 Å². The number of hydroxylamine groups is 1. The van der Waals surface area contributed by atoms with Gasteiger partial charge in [0.25, 0.3) is 5.91 Å². The van der Waals surface area contributed by atoms with Gasteiger partial charge in [0.2, 0.25) is 0 Å². The number of hydrogen-bond acceptors (Lipinski definition) is 2. The highest BCUT2D eigenvalue weighted by molar-refractivity contribution is 9.10. The van der Waals surface area contributed by atoms with Gasteiger partial charge in [0.05, 0.1) is 12.7 Å². The van der Waals surface area contributed by atoms with Crippen molar-refractivity contribution in [3.05, 3.63) is 33.8 Å². The van der Waals surface area contributed by atoms with Crippen molar-refractivity contribution in [1.29, 1.82) is 0 Å². The minimum absolute atomic E-state index is 0.117. The quantitative estimate of drug-likeness (QED) is 0.853. The van der Waals surface area contributed by atoms with E-state index in [-0.39, 0.29) is 10.0 Å². The monoisotopic (exact) mass is 297 g/mol. The second-order valence-corrected chi connectivity index (χ2v) is 3.68. The summed E-state index contributed by atoms with van der Waals surface area (Å²) < 4.78 is 37.3. The number of rotatable bonds is 2. The number of carbonyl (C=O) groups is 1. The summed E-state index contributed by atoms with van der Waals surface area (Å²) in [6.45, 7) is 0. The molecule has 0 aliphatic rings. The molecule has 0 aliphatic carbocycles. The highest BCUT2D eigenvalue weighted by Gasteiger charge is 2.33. The van der Waals surface area contributed by atoms with E-state index in [2.05, 4.69) is 20.8 Å². The Morgan fingerprint density at radius 3 is 2.56 bits per heavy atom. The van der Waals surface area contributed by atoms with Crippen LogP contribution in [0.5, 0.6) is 0 Å². The summed E-state index contributed by atoms with van der Waals surface area (Å²) >= 11 is 2.77. The number of nitrogens with one attached hydrogen (secondary N) is 1. The van der Waals surface area contributed by atoms with Crippen LogP contribution in [0.25, 0.3) is 0 Å². The zero-order valence-corrected chi connectivity index (χ0v) is 9.65. The summed E-state index contributed by atoms with van der Waals surface area (Å²) in [5.74, 6) is -0.736. The van der Waals surface area contributed by atoms with E-state index in [0.29, 0.717) is 0 Å². The molecule has 0 radical (unpaired) electrons. The molecule has 0 unspecified atom stereocenters. The summed E-state index contributed by atoms with van der Waals surface area (Å²) in [7, 11) is 1.20. The molecule has 7 heteroatoms. The molecule has 1 rings (SSSR count). The second kappa shape index (κ2) is 4.84. The third-order valence-electron chi connectivity index (χ3n) is 1.73. The molecule has 0 saturated carbocycles. The summed E-state index contributed by atoms with van der Waals surface area (Å²) in [5.41, 5.74) is 0.905. The van der Waals surface area contributed by atoms with Gasteiger partial charge in [-0.05, 0) is 18.2 Å². The van der Waals surface area contributed by atoms with Crippen molar-refractivity contribution in [1.82, 2.24) is 5.48 Å². The summed E-state index contributed by atoms with van der Waals surface area (Å²) in [5, 5.41) is 0. The topological polar surface area (TPSA) is 38.3 Å². The molecule has 16 heavy (non-hydrogen) atoms. The first kappa shape index (κ1) is 13.0. The lowest BCUT2D eigenvalue weighted by atomic mass is 10.1. The third-order valence-corrected chi connectivity index (χ3v) is 2.42. The molecule has 0 spiro atoms. The van der Waals surface area contributed by atoms with Crippen molar-refractivity contribution in [2.75, 3.05) is 7.11 Å². The van der Waals surface area contributed by atoms with Crippen LogP contribution in [0.15, 0.2) is 22.7 Å². The fourth-order valence-corrected chi connectivity index (χ4v) is 1.51. The van der Waals surface area contributed by atoms with Gasteiger partial charge in [0.15, 0.2) is 0 Å². The van der Waals surface area contributed by atoms with Gasteiger partial charge >= 0.3 is 6.18 Å². The average Bonchev–Trinajstić information content (AvgIpc) is 2.16. The molecule has 1 N–H and O–H groups in total. The zero-order valence-electron chi connectivity index (χ0n) is 8.06. The molecule has 88 valence electrons. The Morgan fingerprint density at radius 2 is 2.06 bits per heavy atom. The van der Waals surface area contributed by atoms with Crippen molar-refractivity contribution in [2.45, 2.75) is 6.18 Å². The minimum atomic E-state index is -4.51. The van der Waals surface area contributed by atoms with E-state index >= 15 is 0 Å². The molecule has 1 aromatic rings. The highest BCUT2D eigenvalue weighted by atomic mass is 79.9. The van der Waals surface area contributed by atoms with Gasteiger partial charge in [-0.25, -0.2) is 5.48 Å². The van der Waals surface area contributed by atoms with Gasteiger partial charge in [-0.2, -0.15) is 13.2 Å². The summed E-state index contributed by atoms with van der Waals surface area (Å²) in [4.78, 5) is 15.5. The SMILES string of the molecule is CONC(=O)c1ccc(Br)c(C(F)(F)F)c1. The number of halogens is 4. The van der Waals surface area contributed by atoms with Crippen LogP contribution in [0, 0.1) is 0 Å². The predicted molar refractivity (Wildman–Crippen MR) is 53.6 cm³/mol. The molecular weight excluding hydrogens is 291 g/mol. The molecule has 1 amide bonds. The van der Waals surface area contributed by atoms with Crippen LogP contribution in [0.1, 0.15) is 15.9 Å². The van der Waals surface area contributed by atoms with Gasteiger partial charge in [-0.1, -0.05) is 15.9 Å². The lowest BCUT2D eigenvalue weighted by Crippen LogP contribution is -2.22. The van der Waals surface area contributed by atoms with Crippen LogP contribution < -0.4 is 5.48 Å². The summed E-state index contributed by atoms with van der Waals surface area (Å²) in [6, 6.07) is 3.17. The molecular formula is C9H7BrF3NO2. The van der Waals surface area contributed by atoms with Crippen molar-refractivity contribution >= 4 is 21.8 Å². The molecule has 3 nitrogen and oxygen atoms in total. The van der Waals surface area contributed by atoms with Gasteiger partial charge in [-0.3, -0.25) is 9.63 Å². The first-order chi connectivity index (χ1) is 7.36. The first-order valence-corrected chi connectivity index (χ1v) is 4.85. The van der Waals surface area contributed by atoms with Crippen molar-refractivity contribution in [2.24, 2.45) is 0 Å². The van der Waals surface area contributed by atoms with Gasteiger partial charge < -0.3 is 0 Å². The Hall–Kier alpha value is -1.08. The predicted octanol–water partition coefficient (Wildman–Crippen LogP) is 2.76. The van der Waals surface area contributed by atoms with E-state index in [1.807, 2.05) is 5.48 Å². The lowest BCUT2D eigenvalue weighted by Gasteiger charge is -2.10. The first-order valence-electron chi connectivity index (χ1n) is 4.06. The second-order valence-electron chi connectivity index (χ2n) is 2.83. The largest absolute Gasteiger partial charge is 0.417 e. The molecule has 0 aromatic heterocycles. The maximum absolute atomic E-state index is 12.5. The van der Waals surface area contributed by atoms with Crippen LogP contribution in [-0.2, 0) is 11.0 Å². The third kappa shape index (κ3) is 2.96. The number of amides is 1. The standard InChI is InChI=1S/C9H7BrF3NO2/c1-16-14-8(15)5-2-3-7(10)6(4-5)9(11,12)13/h2-4H,1H3,(H,14,15). The summed E-state index contributed by atoms with van der Waals surface area (Å²) in [6.07, 6.45) is -4.51. The van der Waals surface area contributed by atoms with Gasteiger partial charge in [0.1, 0.15) is 0 Å². The Bertz CT molecular complexity index is 406. The molecule has 0 bridgehead atoms. The van der Waals surface area contributed by atoms with E-state index < -0.39 is 17.6 Å². The minimum Gasteiger partial charge on any atom is -0.277 e. The van der Waals surface area contributed by atoms with Crippen molar-refractivity contribution < 1.29 is 22.8 Å². The number of hydrogen-bond donors (Lipinski definition) is 1. The fraction of sp³-hybridized carbons (Fsp3) is 0.222. The number of benzene rings is 1. The zero-order chi connectivity index (χ0) is 12.3. The van der Waals surface area contributed by atoms with Crippen LogP contribution in [0.3, 0.4) is 0 Å². The number of carbonyl (C=O) groups excluding carboxylic acids is 1.